The van der Waals surface area contributed by atoms with Crippen molar-refractivity contribution in [1.29, 1.82) is 0 Å². The van der Waals surface area contributed by atoms with Gasteiger partial charge in [-0.15, -0.1) is 11.3 Å². The molecule has 3 heterocycles. The Balaban J connectivity index is 2.18. The standard InChI is InChI=1S/C11H14N6S/c1-3-17-10-9(7(2)15-17)14-11(12)16(10)6-8-13-4-5-18-8/h4-5H,3,6H2,1-2H3,(H2,12,14). The first-order valence-electron chi connectivity index (χ1n) is 5.78. The van der Waals surface area contributed by atoms with Gasteiger partial charge in [-0.2, -0.15) is 5.10 Å². The molecule has 0 aromatic carbocycles. The summed E-state index contributed by atoms with van der Waals surface area (Å²) in [5.74, 6) is 0.517. The van der Waals surface area contributed by atoms with E-state index in [2.05, 4.69) is 22.0 Å². The maximum Gasteiger partial charge on any atom is 0.202 e. The number of imidazole rings is 1. The zero-order valence-corrected chi connectivity index (χ0v) is 11.1. The van der Waals surface area contributed by atoms with Crippen LogP contribution in [0.25, 0.3) is 11.2 Å². The lowest BCUT2D eigenvalue weighted by Crippen LogP contribution is -2.09. The Bertz CT molecular complexity index is 678. The van der Waals surface area contributed by atoms with Gasteiger partial charge in [-0.25, -0.2) is 14.6 Å². The first kappa shape index (κ1) is 11.2. The third-order valence-electron chi connectivity index (χ3n) is 2.90. The minimum Gasteiger partial charge on any atom is -0.369 e. The summed E-state index contributed by atoms with van der Waals surface area (Å²) in [5, 5.41) is 7.44. The minimum atomic E-state index is 0.517. The van der Waals surface area contributed by atoms with E-state index in [4.69, 9.17) is 5.73 Å². The lowest BCUT2D eigenvalue weighted by Gasteiger charge is -2.05. The fraction of sp³-hybridized carbons (Fsp3) is 0.364. The molecule has 0 spiro atoms. The van der Waals surface area contributed by atoms with Crippen molar-refractivity contribution < 1.29 is 0 Å². The van der Waals surface area contributed by atoms with Crippen LogP contribution in [0.2, 0.25) is 0 Å². The van der Waals surface area contributed by atoms with E-state index >= 15 is 0 Å². The predicted octanol–water partition coefficient (Wildman–Crippen LogP) is 1.65. The smallest absolute Gasteiger partial charge is 0.202 e. The normalized spacial score (nSPS) is 11.4. The van der Waals surface area contributed by atoms with E-state index in [1.807, 2.05) is 21.6 Å². The largest absolute Gasteiger partial charge is 0.369 e. The molecule has 0 aliphatic carbocycles. The Morgan fingerprint density at radius 1 is 1.44 bits per heavy atom. The molecule has 3 rings (SSSR count). The molecular weight excluding hydrogens is 248 g/mol. The van der Waals surface area contributed by atoms with Gasteiger partial charge in [-0.3, -0.25) is 4.57 Å². The molecule has 0 saturated heterocycles. The van der Waals surface area contributed by atoms with Crippen LogP contribution in [-0.2, 0) is 13.1 Å². The van der Waals surface area contributed by atoms with Gasteiger partial charge in [-0.1, -0.05) is 0 Å². The summed E-state index contributed by atoms with van der Waals surface area (Å²) in [6, 6.07) is 0. The average Bonchev–Trinajstić information content (AvgIpc) is 3.02. The number of fused-ring (bicyclic) bond motifs is 1. The highest BCUT2D eigenvalue weighted by atomic mass is 32.1. The van der Waals surface area contributed by atoms with Gasteiger partial charge >= 0.3 is 0 Å². The molecule has 0 bridgehead atoms. The van der Waals surface area contributed by atoms with Gasteiger partial charge in [0, 0.05) is 18.1 Å². The molecule has 0 saturated carbocycles. The van der Waals surface area contributed by atoms with E-state index in [0.717, 1.165) is 28.4 Å². The van der Waals surface area contributed by atoms with Crippen LogP contribution < -0.4 is 5.73 Å². The number of nitrogen functional groups attached to an aromatic ring is 1. The number of aromatic nitrogens is 5. The van der Waals surface area contributed by atoms with Crippen molar-refractivity contribution in [3.05, 3.63) is 22.3 Å². The molecule has 3 aromatic rings. The number of anilines is 1. The van der Waals surface area contributed by atoms with Crippen LogP contribution in [0, 0.1) is 6.92 Å². The fourth-order valence-corrected chi connectivity index (χ4v) is 2.69. The van der Waals surface area contributed by atoms with Crippen LogP contribution in [0.1, 0.15) is 17.6 Å². The number of nitrogens with two attached hydrogens (primary N) is 1. The van der Waals surface area contributed by atoms with Gasteiger partial charge in [0.05, 0.1) is 12.2 Å². The molecule has 94 valence electrons. The Labute approximate surface area is 108 Å². The van der Waals surface area contributed by atoms with Gasteiger partial charge in [0.2, 0.25) is 5.95 Å². The number of nitrogens with zero attached hydrogens (tertiary/aromatic N) is 5. The molecule has 0 fully saturated rings. The summed E-state index contributed by atoms with van der Waals surface area (Å²) in [6.07, 6.45) is 1.80. The second-order valence-corrected chi connectivity index (χ2v) is 5.03. The van der Waals surface area contributed by atoms with Gasteiger partial charge in [-0.05, 0) is 13.8 Å². The van der Waals surface area contributed by atoms with Gasteiger partial charge in [0.1, 0.15) is 10.5 Å². The molecule has 6 nitrogen and oxygen atoms in total. The molecule has 0 amide bonds. The first-order valence-corrected chi connectivity index (χ1v) is 6.66. The van der Waals surface area contributed by atoms with E-state index < -0.39 is 0 Å². The second-order valence-electron chi connectivity index (χ2n) is 4.06. The third-order valence-corrected chi connectivity index (χ3v) is 3.67. The Morgan fingerprint density at radius 3 is 2.94 bits per heavy atom. The van der Waals surface area contributed by atoms with Crippen LogP contribution in [0.5, 0.6) is 0 Å². The predicted molar refractivity (Wildman–Crippen MR) is 71.6 cm³/mol. The van der Waals surface area contributed by atoms with E-state index in [1.54, 1.807) is 17.5 Å². The molecule has 18 heavy (non-hydrogen) atoms. The van der Waals surface area contributed by atoms with Gasteiger partial charge in [0.25, 0.3) is 0 Å². The summed E-state index contributed by atoms with van der Waals surface area (Å²) in [4.78, 5) is 8.68. The lowest BCUT2D eigenvalue weighted by molar-refractivity contribution is 0.647. The lowest BCUT2D eigenvalue weighted by atomic mass is 10.4. The van der Waals surface area contributed by atoms with Gasteiger partial charge < -0.3 is 5.73 Å². The summed E-state index contributed by atoms with van der Waals surface area (Å²) in [6.45, 7) is 5.45. The van der Waals surface area contributed by atoms with Crippen molar-refractivity contribution in [3.63, 3.8) is 0 Å². The Morgan fingerprint density at radius 2 is 2.28 bits per heavy atom. The monoisotopic (exact) mass is 262 g/mol. The minimum absolute atomic E-state index is 0.517. The third kappa shape index (κ3) is 1.59. The van der Waals surface area contributed by atoms with Crippen molar-refractivity contribution >= 4 is 28.4 Å². The highest BCUT2D eigenvalue weighted by molar-refractivity contribution is 7.09. The topological polar surface area (TPSA) is 74.6 Å². The van der Waals surface area contributed by atoms with Gasteiger partial charge in [0.15, 0.2) is 5.65 Å². The maximum atomic E-state index is 5.99. The number of thiazole rings is 1. The van der Waals surface area contributed by atoms with E-state index in [9.17, 15) is 0 Å². The van der Waals surface area contributed by atoms with Crippen molar-refractivity contribution in [1.82, 2.24) is 24.3 Å². The molecule has 2 N–H and O–H groups in total. The molecule has 0 unspecified atom stereocenters. The highest BCUT2D eigenvalue weighted by Crippen LogP contribution is 2.22. The fourth-order valence-electron chi connectivity index (χ4n) is 2.08. The number of hydrogen-bond acceptors (Lipinski definition) is 5. The van der Waals surface area contributed by atoms with E-state index in [0.29, 0.717) is 12.5 Å². The number of rotatable bonds is 3. The van der Waals surface area contributed by atoms with E-state index in [-0.39, 0.29) is 0 Å². The molecule has 0 radical (unpaired) electrons. The van der Waals surface area contributed by atoms with Crippen molar-refractivity contribution in [2.75, 3.05) is 5.73 Å². The summed E-state index contributed by atoms with van der Waals surface area (Å²) in [7, 11) is 0. The highest BCUT2D eigenvalue weighted by Gasteiger charge is 2.17. The van der Waals surface area contributed by atoms with Crippen LogP contribution in [0.15, 0.2) is 11.6 Å². The second kappa shape index (κ2) is 4.09. The molecule has 0 atom stereocenters. The number of hydrogen-bond donors (Lipinski definition) is 1. The summed E-state index contributed by atoms with van der Waals surface area (Å²) >= 11 is 1.61. The average molecular weight is 262 g/mol. The zero-order valence-electron chi connectivity index (χ0n) is 10.3. The SMILES string of the molecule is CCn1nc(C)c2nc(N)n(Cc3nccs3)c21. The number of aryl methyl sites for hydroxylation is 2. The molecule has 7 heteroatoms. The van der Waals surface area contributed by atoms with Crippen LogP contribution >= 0.6 is 11.3 Å². The maximum absolute atomic E-state index is 5.99. The quantitative estimate of drug-likeness (QED) is 0.778. The molecule has 0 aliphatic heterocycles. The van der Waals surface area contributed by atoms with E-state index in [1.165, 1.54) is 0 Å². The summed E-state index contributed by atoms with van der Waals surface area (Å²) < 4.78 is 3.90. The van der Waals surface area contributed by atoms with Crippen molar-refractivity contribution in [2.24, 2.45) is 0 Å². The van der Waals surface area contributed by atoms with Crippen LogP contribution in [-0.4, -0.2) is 24.3 Å². The van der Waals surface area contributed by atoms with Crippen LogP contribution in [0.3, 0.4) is 0 Å². The Hall–Kier alpha value is -1.89. The molecular formula is C11H14N6S. The zero-order chi connectivity index (χ0) is 12.7. The van der Waals surface area contributed by atoms with Crippen LogP contribution in [0.4, 0.5) is 5.95 Å². The molecule has 3 aromatic heterocycles. The van der Waals surface area contributed by atoms with Crippen molar-refractivity contribution in [3.8, 4) is 0 Å². The van der Waals surface area contributed by atoms with Crippen molar-refractivity contribution in [2.45, 2.75) is 26.9 Å². The molecule has 0 aliphatic rings. The summed E-state index contributed by atoms with van der Waals surface area (Å²) in [5.41, 5.74) is 8.76. The Kier molecular flexibility index (Phi) is 2.55. The first-order chi connectivity index (χ1) is 8.70.